The van der Waals surface area contributed by atoms with Crippen molar-refractivity contribution in [2.45, 2.75) is 30.2 Å². The fourth-order valence-electron chi connectivity index (χ4n) is 2.43. The number of primary amides is 1. The maximum Gasteiger partial charge on any atom is 0.243 e. The first-order chi connectivity index (χ1) is 9.82. The quantitative estimate of drug-likeness (QED) is 0.749. The summed E-state index contributed by atoms with van der Waals surface area (Å²) in [7, 11) is -3.71. The van der Waals surface area contributed by atoms with Gasteiger partial charge >= 0.3 is 0 Å². The van der Waals surface area contributed by atoms with Crippen LogP contribution >= 0.6 is 12.2 Å². The van der Waals surface area contributed by atoms with Gasteiger partial charge in [-0.25, -0.2) is 8.42 Å². The van der Waals surface area contributed by atoms with Gasteiger partial charge in [0.25, 0.3) is 0 Å². The smallest absolute Gasteiger partial charge is 0.243 e. The number of benzene rings is 1. The van der Waals surface area contributed by atoms with E-state index in [1.807, 2.05) is 0 Å². The molecule has 1 aromatic rings. The minimum absolute atomic E-state index is 0.141. The molecule has 0 radical (unpaired) electrons. The second-order valence-electron chi connectivity index (χ2n) is 4.96. The van der Waals surface area contributed by atoms with Crippen LogP contribution in [0, 0.1) is 0 Å². The molecule has 4 N–H and O–H groups in total. The summed E-state index contributed by atoms with van der Waals surface area (Å²) in [4.78, 5) is 11.8. The molecule has 1 amide bonds. The molecule has 1 aromatic carbocycles. The van der Waals surface area contributed by atoms with Gasteiger partial charge in [-0.1, -0.05) is 24.4 Å². The molecular formula is C13H17N3O3S2. The summed E-state index contributed by atoms with van der Waals surface area (Å²) in [5.74, 6) is -0.610. The molecule has 8 heteroatoms. The summed E-state index contributed by atoms with van der Waals surface area (Å²) in [5, 5.41) is 0. The standard InChI is InChI=1S/C13H17N3O3S2/c14-12(20)8-9-3-5-10(6-4-9)21(18,19)16-7-1-2-11(16)13(15)17/h3-6,11H,1-2,7-8H2,(H2,14,20)(H2,15,17). The molecule has 0 bridgehead atoms. The maximum atomic E-state index is 12.6. The van der Waals surface area contributed by atoms with Crippen LogP contribution in [-0.2, 0) is 21.2 Å². The first kappa shape index (κ1) is 15.9. The molecule has 114 valence electrons. The third-order valence-corrected chi connectivity index (χ3v) is 5.51. The number of nitrogens with zero attached hydrogens (tertiary/aromatic N) is 1. The van der Waals surface area contributed by atoms with E-state index >= 15 is 0 Å². The molecule has 2 rings (SSSR count). The lowest BCUT2D eigenvalue weighted by atomic mass is 10.1. The summed E-state index contributed by atoms with van der Waals surface area (Å²) in [6.07, 6.45) is 1.52. The predicted octanol–water partition coefficient (Wildman–Crippen LogP) is 0.154. The molecule has 1 unspecified atom stereocenters. The number of hydrogen-bond donors (Lipinski definition) is 2. The minimum atomic E-state index is -3.71. The van der Waals surface area contributed by atoms with Gasteiger partial charge < -0.3 is 11.5 Å². The fourth-order valence-corrected chi connectivity index (χ4v) is 4.26. The number of hydrogen-bond acceptors (Lipinski definition) is 4. The number of rotatable bonds is 5. The van der Waals surface area contributed by atoms with E-state index in [0.29, 0.717) is 30.8 Å². The van der Waals surface area contributed by atoms with E-state index < -0.39 is 22.0 Å². The third-order valence-electron chi connectivity index (χ3n) is 3.44. The van der Waals surface area contributed by atoms with E-state index in [9.17, 15) is 13.2 Å². The summed E-state index contributed by atoms with van der Waals surface area (Å²) in [5.41, 5.74) is 11.6. The second kappa shape index (κ2) is 6.08. The highest BCUT2D eigenvalue weighted by atomic mass is 32.2. The highest BCUT2D eigenvalue weighted by Crippen LogP contribution is 2.26. The Morgan fingerprint density at radius 3 is 2.43 bits per heavy atom. The average molecular weight is 327 g/mol. The molecule has 1 aliphatic heterocycles. The Hall–Kier alpha value is -1.51. The van der Waals surface area contributed by atoms with Gasteiger partial charge in [0, 0.05) is 13.0 Å². The Bertz CT molecular complexity index is 656. The maximum absolute atomic E-state index is 12.6. The van der Waals surface area contributed by atoms with Crippen molar-refractivity contribution < 1.29 is 13.2 Å². The topological polar surface area (TPSA) is 106 Å². The summed E-state index contributed by atoms with van der Waals surface area (Å²) >= 11 is 4.82. The van der Waals surface area contributed by atoms with Gasteiger partial charge in [0.15, 0.2) is 0 Å². The van der Waals surface area contributed by atoms with E-state index in [1.165, 1.54) is 16.4 Å². The molecule has 1 saturated heterocycles. The normalized spacial score (nSPS) is 19.5. The van der Waals surface area contributed by atoms with E-state index in [4.69, 9.17) is 23.7 Å². The van der Waals surface area contributed by atoms with Gasteiger partial charge in [0.05, 0.1) is 9.88 Å². The van der Waals surface area contributed by atoms with Crippen LogP contribution in [0.2, 0.25) is 0 Å². The van der Waals surface area contributed by atoms with Crippen LogP contribution in [0.3, 0.4) is 0 Å². The van der Waals surface area contributed by atoms with Gasteiger partial charge in [0.1, 0.15) is 6.04 Å². The van der Waals surface area contributed by atoms with Gasteiger partial charge in [-0.3, -0.25) is 4.79 Å². The highest BCUT2D eigenvalue weighted by molar-refractivity contribution is 7.89. The number of carbonyl (C=O) groups is 1. The molecule has 0 aliphatic carbocycles. The molecule has 1 heterocycles. The molecule has 0 aromatic heterocycles. The van der Waals surface area contributed by atoms with Crippen molar-refractivity contribution in [3.8, 4) is 0 Å². The largest absolute Gasteiger partial charge is 0.393 e. The van der Waals surface area contributed by atoms with E-state index in [1.54, 1.807) is 12.1 Å². The molecule has 0 spiro atoms. The minimum Gasteiger partial charge on any atom is -0.393 e. The van der Waals surface area contributed by atoms with E-state index in [0.717, 1.165) is 5.56 Å². The van der Waals surface area contributed by atoms with Crippen LogP contribution in [0.1, 0.15) is 18.4 Å². The zero-order chi connectivity index (χ0) is 15.6. The highest BCUT2D eigenvalue weighted by Gasteiger charge is 2.38. The Morgan fingerprint density at radius 1 is 1.29 bits per heavy atom. The number of nitrogens with two attached hydrogens (primary N) is 2. The first-order valence-electron chi connectivity index (χ1n) is 6.51. The third kappa shape index (κ3) is 3.39. The first-order valence-corrected chi connectivity index (χ1v) is 8.35. The number of sulfonamides is 1. The number of amides is 1. The van der Waals surface area contributed by atoms with Crippen molar-refractivity contribution in [1.29, 1.82) is 0 Å². The molecule has 21 heavy (non-hydrogen) atoms. The lowest BCUT2D eigenvalue weighted by Gasteiger charge is -2.21. The van der Waals surface area contributed by atoms with Gasteiger partial charge in [-0.2, -0.15) is 4.31 Å². The molecule has 1 atom stereocenters. The van der Waals surface area contributed by atoms with Crippen molar-refractivity contribution in [3.63, 3.8) is 0 Å². The molecular weight excluding hydrogens is 310 g/mol. The van der Waals surface area contributed by atoms with Crippen molar-refractivity contribution in [1.82, 2.24) is 4.31 Å². The molecule has 6 nitrogen and oxygen atoms in total. The predicted molar refractivity (Wildman–Crippen MR) is 83.0 cm³/mol. The number of carbonyl (C=O) groups excluding carboxylic acids is 1. The zero-order valence-corrected chi connectivity index (χ0v) is 13.0. The van der Waals surface area contributed by atoms with Crippen molar-refractivity contribution in [2.24, 2.45) is 11.5 Å². The van der Waals surface area contributed by atoms with Crippen LogP contribution in [0.4, 0.5) is 0 Å². The Balaban J connectivity index is 2.27. The molecule has 1 fully saturated rings. The van der Waals surface area contributed by atoms with Crippen molar-refractivity contribution in [2.75, 3.05) is 6.54 Å². The van der Waals surface area contributed by atoms with Gasteiger partial charge in [-0.05, 0) is 30.5 Å². The van der Waals surface area contributed by atoms with E-state index in [-0.39, 0.29) is 4.90 Å². The van der Waals surface area contributed by atoms with Crippen LogP contribution in [0.5, 0.6) is 0 Å². The van der Waals surface area contributed by atoms with Gasteiger partial charge in [-0.15, -0.1) is 0 Å². The van der Waals surface area contributed by atoms with Crippen LogP contribution in [0.15, 0.2) is 29.2 Å². The lowest BCUT2D eigenvalue weighted by molar-refractivity contribution is -0.121. The van der Waals surface area contributed by atoms with Crippen LogP contribution in [-0.4, -0.2) is 36.2 Å². The Kier molecular flexibility index (Phi) is 4.60. The van der Waals surface area contributed by atoms with E-state index in [2.05, 4.69) is 0 Å². The molecule has 0 saturated carbocycles. The van der Waals surface area contributed by atoms with Crippen molar-refractivity contribution in [3.05, 3.63) is 29.8 Å². The summed E-state index contributed by atoms with van der Waals surface area (Å²) < 4.78 is 26.3. The fraction of sp³-hybridized carbons (Fsp3) is 0.385. The molecule has 1 aliphatic rings. The van der Waals surface area contributed by atoms with Crippen molar-refractivity contribution >= 4 is 33.1 Å². The Labute approximate surface area is 129 Å². The monoisotopic (exact) mass is 327 g/mol. The van der Waals surface area contributed by atoms with Gasteiger partial charge in [0.2, 0.25) is 15.9 Å². The Morgan fingerprint density at radius 2 is 1.90 bits per heavy atom. The average Bonchev–Trinajstić information content (AvgIpc) is 2.88. The summed E-state index contributed by atoms with van der Waals surface area (Å²) in [6.45, 7) is 0.310. The SMILES string of the molecule is NC(=O)C1CCCN1S(=O)(=O)c1ccc(CC(N)=S)cc1. The summed E-state index contributed by atoms with van der Waals surface area (Å²) in [6, 6.07) is 5.58. The zero-order valence-electron chi connectivity index (χ0n) is 11.4. The van der Waals surface area contributed by atoms with Crippen LogP contribution in [0.25, 0.3) is 0 Å². The van der Waals surface area contributed by atoms with Crippen LogP contribution < -0.4 is 11.5 Å². The second-order valence-corrected chi connectivity index (χ2v) is 7.38. The lowest BCUT2D eigenvalue weighted by Crippen LogP contribution is -2.43. The number of thiocarbonyl (C=S) groups is 1.